The number of nitrogens with zero attached hydrogens (tertiary/aromatic N) is 1. The van der Waals surface area contributed by atoms with Gasteiger partial charge in [0.25, 0.3) is 5.91 Å². The molecule has 138 valence electrons. The molecule has 1 heterocycles. The van der Waals surface area contributed by atoms with Crippen LogP contribution in [-0.2, 0) is 9.53 Å². The number of halogens is 3. The van der Waals surface area contributed by atoms with Gasteiger partial charge >= 0.3 is 5.97 Å². The van der Waals surface area contributed by atoms with E-state index in [0.29, 0.717) is 15.8 Å². The van der Waals surface area contributed by atoms with Crippen LogP contribution in [0.1, 0.15) is 10.4 Å². The molecule has 1 N–H and O–H groups in total. The Morgan fingerprint density at radius 2 is 1.89 bits per heavy atom. The average molecular weight is 425 g/mol. The summed E-state index contributed by atoms with van der Waals surface area (Å²) in [5.74, 6) is -1.66. The van der Waals surface area contributed by atoms with Gasteiger partial charge in [-0.2, -0.15) is 0 Å². The third-order valence-electron chi connectivity index (χ3n) is 3.37. The number of anilines is 1. The van der Waals surface area contributed by atoms with E-state index in [4.69, 9.17) is 27.9 Å². The number of hydrogen-bond acceptors (Lipinski definition) is 5. The van der Waals surface area contributed by atoms with Gasteiger partial charge < -0.3 is 4.74 Å². The normalized spacial score (nSPS) is 10.5. The van der Waals surface area contributed by atoms with Crippen LogP contribution in [0.2, 0.25) is 10.0 Å². The number of esters is 1. The Labute approximate surface area is 167 Å². The van der Waals surface area contributed by atoms with Gasteiger partial charge in [0.05, 0.1) is 16.3 Å². The fourth-order valence-electron chi connectivity index (χ4n) is 2.10. The maximum Gasteiger partial charge on any atom is 0.340 e. The molecule has 9 heteroatoms. The Morgan fingerprint density at radius 3 is 2.63 bits per heavy atom. The molecule has 3 aromatic rings. The Bertz CT molecular complexity index is 993. The van der Waals surface area contributed by atoms with Crippen LogP contribution in [0.3, 0.4) is 0 Å². The molecule has 1 aromatic heterocycles. The molecule has 2 aromatic carbocycles. The van der Waals surface area contributed by atoms with Crippen LogP contribution in [0.5, 0.6) is 0 Å². The molecule has 0 aliphatic rings. The van der Waals surface area contributed by atoms with Crippen molar-refractivity contribution in [1.82, 2.24) is 4.98 Å². The largest absolute Gasteiger partial charge is 0.452 e. The monoisotopic (exact) mass is 424 g/mol. The van der Waals surface area contributed by atoms with Crippen LogP contribution < -0.4 is 5.32 Å². The minimum atomic E-state index is -0.760. The zero-order chi connectivity index (χ0) is 19.4. The number of thiazole rings is 1. The van der Waals surface area contributed by atoms with E-state index in [1.165, 1.54) is 41.7 Å². The fourth-order valence-corrected chi connectivity index (χ4v) is 3.21. The molecule has 0 aliphatic carbocycles. The van der Waals surface area contributed by atoms with Crippen molar-refractivity contribution in [3.63, 3.8) is 0 Å². The molecule has 1 amide bonds. The van der Waals surface area contributed by atoms with Crippen LogP contribution in [0.4, 0.5) is 9.52 Å². The molecule has 0 atom stereocenters. The summed E-state index contributed by atoms with van der Waals surface area (Å²) in [6.07, 6.45) is 0. The highest BCUT2D eigenvalue weighted by atomic mass is 35.5. The van der Waals surface area contributed by atoms with Crippen molar-refractivity contribution < 1.29 is 18.7 Å². The first-order valence-corrected chi connectivity index (χ1v) is 9.19. The second-order valence-electron chi connectivity index (χ2n) is 5.29. The van der Waals surface area contributed by atoms with Crippen molar-refractivity contribution >= 4 is 51.5 Å². The summed E-state index contributed by atoms with van der Waals surface area (Å²) in [5, 5.41) is 5.09. The van der Waals surface area contributed by atoms with E-state index in [2.05, 4.69) is 10.3 Å². The number of benzene rings is 2. The minimum Gasteiger partial charge on any atom is -0.452 e. The third-order valence-corrected chi connectivity index (χ3v) is 4.70. The van der Waals surface area contributed by atoms with Crippen LogP contribution >= 0.6 is 34.5 Å². The van der Waals surface area contributed by atoms with E-state index < -0.39 is 18.5 Å². The van der Waals surface area contributed by atoms with Gasteiger partial charge in [-0.3, -0.25) is 10.1 Å². The quantitative estimate of drug-likeness (QED) is 0.581. The van der Waals surface area contributed by atoms with E-state index in [0.717, 1.165) is 5.56 Å². The lowest BCUT2D eigenvalue weighted by Gasteiger charge is -2.06. The molecule has 0 radical (unpaired) electrons. The highest BCUT2D eigenvalue weighted by Gasteiger charge is 2.15. The predicted molar refractivity (Wildman–Crippen MR) is 103 cm³/mol. The molecule has 0 saturated heterocycles. The van der Waals surface area contributed by atoms with Crippen molar-refractivity contribution in [1.29, 1.82) is 0 Å². The van der Waals surface area contributed by atoms with Gasteiger partial charge in [-0.05, 0) is 42.5 Å². The van der Waals surface area contributed by atoms with Crippen LogP contribution in [0.15, 0.2) is 47.8 Å². The zero-order valence-corrected chi connectivity index (χ0v) is 15.9. The Hall–Kier alpha value is -2.48. The van der Waals surface area contributed by atoms with Crippen molar-refractivity contribution in [2.75, 3.05) is 11.9 Å². The molecule has 0 saturated carbocycles. The lowest BCUT2D eigenvalue weighted by molar-refractivity contribution is -0.119. The molecule has 0 fully saturated rings. The topological polar surface area (TPSA) is 68.3 Å². The van der Waals surface area contributed by atoms with Crippen LogP contribution in [0.25, 0.3) is 11.3 Å². The molecular formula is C18H11Cl2FN2O3S. The standard InChI is InChI=1S/C18H11Cl2FN2O3S/c19-11-3-6-14(20)13(7-11)17(25)26-8-16(24)23-18-22-15(9-27-18)10-1-4-12(21)5-2-10/h1-7,9H,8H2,(H,22,23,24). The average Bonchev–Trinajstić information content (AvgIpc) is 3.10. The van der Waals surface area contributed by atoms with Crippen molar-refractivity contribution in [3.05, 3.63) is 69.3 Å². The van der Waals surface area contributed by atoms with E-state index in [-0.39, 0.29) is 16.4 Å². The van der Waals surface area contributed by atoms with Gasteiger partial charge in [-0.1, -0.05) is 23.2 Å². The van der Waals surface area contributed by atoms with E-state index in [1.807, 2.05) is 0 Å². The summed E-state index contributed by atoms with van der Waals surface area (Å²) in [5.41, 5.74) is 1.39. The second-order valence-corrected chi connectivity index (χ2v) is 7.00. The Balaban J connectivity index is 1.57. The summed E-state index contributed by atoms with van der Waals surface area (Å²) in [6, 6.07) is 10.2. The maximum absolute atomic E-state index is 13.0. The smallest absolute Gasteiger partial charge is 0.340 e. The minimum absolute atomic E-state index is 0.0739. The van der Waals surface area contributed by atoms with Gasteiger partial charge in [0.2, 0.25) is 0 Å². The summed E-state index contributed by atoms with van der Waals surface area (Å²) < 4.78 is 17.9. The molecule has 0 bridgehead atoms. The SMILES string of the molecule is O=C(COC(=O)c1cc(Cl)ccc1Cl)Nc1nc(-c2ccc(F)cc2)cs1. The van der Waals surface area contributed by atoms with Gasteiger partial charge in [-0.25, -0.2) is 14.2 Å². The second kappa shape index (κ2) is 8.47. The maximum atomic E-state index is 13.0. The van der Waals surface area contributed by atoms with Crippen LogP contribution in [0, 0.1) is 5.82 Å². The molecule has 3 rings (SSSR count). The molecule has 5 nitrogen and oxygen atoms in total. The first-order chi connectivity index (χ1) is 12.9. The molecular weight excluding hydrogens is 414 g/mol. The number of hydrogen-bond donors (Lipinski definition) is 1. The first kappa shape index (κ1) is 19.3. The molecule has 0 unspecified atom stereocenters. The first-order valence-electron chi connectivity index (χ1n) is 7.56. The zero-order valence-electron chi connectivity index (χ0n) is 13.5. The Morgan fingerprint density at radius 1 is 1.15 bits per heavy atom. The third kappa shape index (κ3) is 5.03. The molecule has 27 heavy (non-hydrogen) atoms. The summed E-state index contributed by atoms with van der Waals surface area (Å²) in [6.45, 7) is -0.507. The number of ether oxygens (including phenoxy) is 1. The fraction of sp³-hybridized carbons (Fsp3) is 0.0556. The van der Waals surface area contributed by atoms with E-state index in [9.17, 15) is 14.0 Å². The van der Waals surface area contributed by atoms with Crippen molar-refractivity contribution in [3.8, 4) is 11.3 Å². The number of carbonyl (C=O) groups is 2. The lowest BCUT2D eigenvalue weighted by atomic mass is 10.2. The summed E-state index contributed by atoms with van der Waals surface area (Å²) >= 11 is 12.9. The number of carbonyl (C=O) groups excluding carboxylic acids is 2. The van der Waals surface area contributed by atoms with E-state index >= 15 is 0 Å². The number of rotatable bonds is 5. The van der Waals surface area contributed by atoms with Gasteiger partial charge in [0.1, 0.15) is 5.82 Å². The number of amides is 1. The number of aromatic nitrogens is 1. The lowest BCUT2D eigenvalue weighted by Crippen LogP contribution is -2.21. The number of nitrogens with one attached hydrogen (secondary N) is 1. The van der Waals surface area contributed by atoms with Gasteiger partial charge in [0.15, 0.2) is 11.7 Å². The molecule has 0 aliphatic heterocycles. The summed E-state index contributed by atoms with van der Waals surface area (Å²) in [7, 11) is 0. The van der Waals surface area contributed by atoms with Gasteiger partial charge in [-0.15, -0.1) is 11.3 Å². The van der Waals surface area contributed by atoms with Gasteiger partial charge in [0, 0.05) is 16.0 Å². The van der Waals surface area contributed by atoms with Crippen molar-refractivity contribution in [2.45, 2.75) is 0 Å². The highest BCUT2D eigenvalue weighted by molar-refractivity contribution is 7.14. The van der Waals surface area contributed by atoms with Crippen molar-refractivity contribution in [2.24, 2.45) is 0 Å². The Kier molecular flexibility index (Phi) is 6.05. The van der Waals surface area contributed by atoms with Crippen LogP contribution in [-0.4, -0.2) is 23.5 Å². The van der Waals surface area contributed by atoms with E-state index in [1.54, 1.807) is 17.5 Å². The summed E-state index contributed by atoms with van der Waals surface area (Å²) in [4.78, 5) is 28.2. The predicted octanol–water partition coefficient (Wildman–Crippen LogP) is 5.05. The molecule has 0 spiro atoms. The highest BCUT2D eigenvalue weighted by Crippen LogP contribution is 2.25.